The molecule has 1 spiro atoms. The molecule has 1 atom stereocenters. The van der Waals surface area contributed by atoms with Gasteiger partial charge in [0.2, 0.25) is 0 Å². The molecule has 0 radical (unpaired) electrons. The average Bonchev–Trinajstić information content (AvgIpc) is 3.99. The maximum absolute atomic E-state index is 5.16. The van der Waals surface area contributed by atoms with E-state index in [4.69, 9.17) is 4.98 Å². The number of fused-ring (bicyclic) bond motifs is 15. The quantitative estimate of drug-likeness (QED) is 0.179. The summed E-state index contributed by atoms with van der Waals surface area (Å²) >= 11 is 0. The summed E-state index contributed by atoms with van der Waals surface area (Å²) in [6.45, 7) is 0. The van der Waals surface area contributed by atoms with Gasteiger partial charge in [-0.2, -0.15) is 0 Å². The van der Waals surface area contributed by atoms with Gasteiger partial charge in [-0.05, 0) is 119 Å². The Labute approximate surface area is 324 Å². The molecule has 258 valence electrons. The molecule has 2 heteroatoms. The first kappa shape index (κ1) is 30.1. The summed E-state index contributed by atoms with van der Waals surface area (Å²) in [6, 6.07) is 71.8. The van der Waals surface area contributed by atoms with Gasteiger partial charge in [0.1, 0.15) is 5.82 Å². The van der Waals surface area contributed by atoms with Crippen molar-refractivity contribution in [2.75, 3.05) is 0 Å². The first-order chi connectivity index (χ1) is 27.8. The Morgan fingerprint density at radius 3 is 1.73 bits per heavy atom. The van der Waals surface area contributed by atoms with E-state index in [9.17, 15) is 0 Å². The van der Waals surface area contributed by atoms with E-state index in [0.717, 1.165) is 28.1 Å². The average molecular weight is 709 g/mol. The molecular weight excluding hydrogens is 677 g/mol. The Bertz CT molecular complexity index is 3300. The van der Waals surface area contributed by atoms with Crippen LogP contribution in [0.2, 0.25) is 0 Å². The van der Waals surface area contributed by atoms with Crippen LogP contribution in [-0.4, -0.2) is 9.55 Å². The number of aromatic nitrogens is 2. The predicted octanol–water partition coefficient (Wildman–Crippen LogP) is 13.5. The molecule has 0 amide bonds. The second kappa shape index (κ2) is 10.9. The van der Waals surface area contributed by atoms with Gasteiger partial charge < -0.3 is 0 Å². The number of hydrogen-bond acceptors (Lipinski definition) is 1. The van der Waals surface area contributed by atoms with Crippen molar-refractivity contribution >= 4 is 21.8 Å². The van der Waals surface area contributed by atoms with E-state index in [0.29, 0.717) is 0 Å². The van der Waals surface area contributed by atoms with Gasteiger partial charge in [0.15, 0.2) is 0 Å². The molecule has 3 aliphatic rings. The number of hydrogen-bond donors (Lipinski definition) is 0. The molecule has 0 saturated heterocycles. The number of imidazole rings is 1. The van der Waals surface area contributed by atoms with E-state index in [2.05, 4.69) is 199 Å². The van der Waals surface area contributed by atoms with Crippen LogP contribution in [0.4, 0.5) is 0 Å². The van der Waals surface area contributed by atoms with E-state index in [1.807, 2.05) is 0 Å². The summed E-state index contributed by atoms with van der Waals surface area (Å²) in [4.78, 5) is 5.16. The van der Waals surface area contributed by atoms with Gasteiger partial charge in [0.25, 0.3) is 0 Å². The van der Waals surface area contributed by atoms with Crippen molar-refractivity contribution in [3.63, 3.8) is 0 Å². The number of benzene rings is 9. The van der Waals surface area contributed by atoms with Gasteiger partial charge in [-0.1, -0.05) is 164 Å². The lowest BCUT2D eigenvalue weighted by molar-refractivity contribution is 0.795. The third-order valence-corrected chi connectivity index (χ3v) is 12.8. The molecular formula is C54H32N2. The Morgan fingerprint density at radius 2 is 0.946 bits per heavy atom. The van der Waals surface area contributed by atoms with Gasteiger partial charge in [-0.15, -0.1) is 0 Å². The van der Waals surface area contributed by atoms with Gasteiger partial charge in [-0.3, -0.25) is 4.57 Å². The standard InChI is InChI=1S/C54H32N2/c1-2-14-35(15-3-1)56-49-27-11-10-26-48(49)55-53(56)34-30-28-33(29-31-34)36-20-13-25-46-51(36)40-18-6-8-23-44(40)54(46)45-24-9-7-19-41(45)52-42-22-12-21-39-37-16-4-5-17-38(37)43(50(39)42)32-47(52)54/h1-32H. The lowest BCUT2D eigenvalue weighted by Gasteiger charge is -2.31. The fourth-order valence-corrected chi connectivity index (χ4v) is 10.6. The molecule has 0 aliphatic heterocycles. The molecule has 1 aromatic heterocycles. The molecule has 9 aromatic carbocycles. The molecule has 0 saturated carbocycles. The highest BCUT2D eigenvalue weighted by Crippen LogP contribution is 2.66. The van der Waals surface area contributed by atoms with Crippen molar-refractivity contribution in [1.29, 1.82) is 0 Å². The van der Waals surface area contributed by atoms with Gasteiger partial charge >= 0.3 is 0 Å². The predicted molar refractivity (Wildman–Crippen MR) is 230 cm³/mol. The maximum Gasteiger partial charge on any atom is 0.145 e. The molecule has 13 rings (SSSR count). The van der Waals surface area contributed by atoms with Gasteiger partial charge in [-0.25, -0.2) is 4.98 Å². The number of rotatable bonds is 3. The summed E-state index contributed by atoms with van der Waals surface area (Å²) in [5, 5.41) is 2.72. The summed E-state index contributed by atoms with van der Waals surface area (Å²) in [7, 11) is 0. The molecule has 3 aliphatic carbocycles. The first-order valence-electron chi connectivity index (χ1n) is 19.5. The summed E-state index contributed by atoms with van der Waals surface area (Å²) in [6.07, 6.45) is 0. The summed E-state index contributed by atoms with van der Waals surface area (Å²) < 4.78 is 2.27. The second-order valence-corrected chi connectivity index (χ2v) is 15.4. The summed E-state index contributed by atoms with van der Waals surface area (Å²) in [5.41, 5.74) is 22.4. The van der Waals surface area contributed by atoms with Crippen molar-refractivity contribution in [1.82, 2.24) is 9.55 Å². The number of nitrogens with zero attached hydrogens (tertiary/aromatic N) is 2. The van der Waals surface area contributed by atoms with Crippen LogP contribution < -0.4 is 0 Å². The van der Waals surface area contributed by atoms with E-state index in [1.165, 1.54) is 88.7 Å². The SMILES string of the molecule is c1ccc(-n2c(-c3ccc(-c4cccc5c4-c4ccccc4C54c5ccccc5-c5c4cc4c6c(cccc56)-c5ccccc5-4)cc3)nc3ccccc32)cc1. The van der Waals surface area contributed by atoms with E-state index < -0.39 is 5.41 Å². The largest absolute Gasteiger partial charge is 0.292 e. The normalized spacial score (nSPS) is 15.2. The Hall–Kier alpha value is -7.29. The van der Waals surface area contributed by atoms with E-state index in [-0.39, 0.29) is 0 Å². The van der Waals surface area contributed by atoms with Crippen molar-refractivity contribution in [2.24, 2.45) is 0 Å². The monoisotopic (exact) mass is 708 g/mol. The van der Waals surface area contributed by atoms with E-state index in [1.54, 1.807) is 0 Å². The zero-order chi connectivity index (χ0) is 36.5. The topological polar surface area (TPSA) is 17.8 Å². The van der Waals surface area contributed by atoms with Crippen LogP contribution in [0.5, 0.6) is 0 Å². The molecule has 1 heterocycles. The maximum atomic E-state index is 5.16. The molecule has 56 heavy (non-hydrogen) atoms. The Kier molecular flexibility index (Phi) is 5.86. The van der Waals surface area contributed by atoms with Crippen LogP contribution in [0.1, 0.15) is 22.3 Å². The zero-order valence-corrected chi connectivity index (χ0v) is 30.4. The van der Waals surface area contributed by atoms with Crippen molar-refractivity contribution < 1.29 is 0 Å². The molecule has 0 fully saturated rings. The van der Waals surface area contributed by atoms with Gasteiger partial charge in [0.05, 0.1) is 16.4 Å². The minimum Gasteiger partial charge on any atom is -0.292 e. The van der Waals surface area contributed by atoms with Crippen molar-refractivity contribution in [3.05, 3.63) is 216 Å². The lowest BCUT2D eigenvalue weighted by atomic mass is 9.70. The Morgan fingerprint density at radius 1 is 0.375 bits per heavy atom. The minimum absolute atomic E-state index is 0.452. The van der Waals surface area contributed by atoms with Crippen LogP contribution in [0.15, 0.2) is 194 Å². The molecule has 0 bridgehead atoms. The van der Waals surface area contributed by atoms with Gasteiger partial charge in [0, 0.05) is 11.3 Å². The highest BCUT2D eigenvalue weighted by Gasteiger charge is 2.53. The van der Waals surface area contributed by atoms with Crippen LogP contribution in [0, 0.1) is 0 Å². The van der Waals surface area contributed by atoms with Crippen LogP contribution in [0.25, 0.3) is 94.5 Å². The van der Waals surface area contributed by atoms with Crippen molar-refractivity contribution in [2.45, 2.75) is 5.41 Å². The third kappa shape index (κ3) is 3.69. The first-order valence-corrected chi connectivity index (χ1v) is 19.5. The number of para-hydroxylation sites is 3. The van der Waals surface area contributed by atoms with Crippen LogP contribution in [0.3, 0.4) is 0 Å². The minimum atomic E-state index is -0.452. The van der Waals surface area contributed by atoms with Crippen LogP contribution >= 0.6 is 0 Å². The summed E-state index contributed by atoms with van der Waals surface area (Å²) in [5.74, 6) is 0.941. The zero-order valence-electron chi connectivity index (χ0n) is 30.4. The fraction of sp³-hybridized carbons (Fsp3) is 0.0185. The second-order valence-electron chi connectivity index (χ2n) is 15.4. The highest BCUT2D eigenvalue weighted by molar-refractivity contribution is 6.21. The molecule has 10 aromatic rings. The third-order valence-electron chi connectivity index (χ3n) is 12.8. The molecule has 2 nitrogen and oxygen atoms in total. The molecule has 1 unspecified atom stereocenters. The van der Waals surface area contributed by atoms with E-state index >= 15 is 0 Å². The Balaban J connectivity index is 1.05. The lowest BCUT2D eigenvalue weighted by Crippen LogP contribution is -2.26. The van der Waals surface area contributed by atoms with Crippen LogP contribution in [-0.2, 0) is 5.41 Å². The smallest absolute Gasteiger partial charge is 0.145 e. The molecule has 0 N–H and O–H groups in total. The fourth-order valence-electron chi connectivity index (χ4n) is 10.6. The van der Waals surface area contributed by atoms with Crippen molar-refractivity contribution in [3.8, 4) is 72.7 Å². The highest BCUT2D eigenvalue weighted by atomic mass is 15.1.